The summed E-state index contributed by atoms with van der Waals surface area (Å²) in [7, 11) is 1.38. The first-order chi connectivity index (χ1) is 12.1. The molecule has 0 aromatic heterocycles. The second-order valence-electron chi connectivity index (χ2n) is 6.47. The van der Waals surface area contributed by atoms with Gasteiger partial charge in [0.2, 0.25) is 5.91 Å². The van der Waals surface area contributed by atoms with Crippen molar-refractivity contribution in [1.82, 2.24) is 10.6 Å². The van der Waals surface area contributed by atoms with E-state index in [1.807, 2.05) is 24.3 Å². The van der Waals surface area contributed by atoms with Crippen molar-refractivity contribution in [3.8, 4) is 5.75 Å². The number of ether oxygens (including phenoxy) is 2. The molecule has 6 nitrogen and oxygen atoms in total. The first-order valence-corrected chi connectivity index (χ1v) is 8.88. The maximum atomic E-state index is 12.2. The van der Waals surface area contributed by atoms with Crippen LogP contribution in [-0.2, 0) is 20.9 Å². The highest BCUT2D eigenvalue weighted by Gasteiger charge is 2.24. The number of carbonyl (C=O) groups excluding carboxylic acids is 2. The molecule has 1 amide bonds. The average Bonchev–Trinajstić information content (AvgIpc) is 2.64. The predicted molar refractivity (Wildman–Crippen MR) is 95.2 cm³/mol. The van der Waals surface area contributed by atoms with E-state index >= 15 is 0 Å². The number of hydrogen-bond donors (Lipinski definition) is 2. The van der Waals surface area contributed by atoms with Crippen LogP contribution >= 0.6 is 0 Å². The summed E-state index contributed by atoms with van der Waals surface area (Å²) in [6.07, 6.45) is 2.77. The summed E-state index contributed by atoms with van der Waals surface area (Å²) < 4.78 is 10.2. The fourth-order valence-electron chi connectivity index (χ4n) is 2.92. The van der Waals surface area contributed by atoms with Gasteiger partial charge in [-0.1, -0.05) is 12.1 Å². The van der Waals surface area contributed by atoms with Gasteiger partial charge in [-0.2, -0.15) is 0 Å². The van der Waals surface area contributed by atoms with Crippen molar-refractivity contribution in [1.29, 1.82) is 0 Å². The van der Waals surface area contributed by atoms with E-state index in [1.54, 1.807) is 0 Å². The number of carbonyl (C=O) groups is 2. The Kier molecular flexibility index (Phi) is 7.73. The molecule has 1 aromatic rings. The van der Waals surface area contributed by atoms with Gasteiger partial charge in [0.05, 0.1) is 13.7 Å². The highest BCUT2D eigenvalue weighted by Crippen LogP contribution is 2.17. The van der Waals surface area contributed by atoms with E-state index in [0.717, 1.165) is 30.7 Å². The van der Waals surface area contributed by atoms with Crippen LogP contribution in [0.2, 0.25) is 0 Å². The van der Waals surface area contributed by atoms with Gasteiger partial charge < -0.3 is 20.1 Å². The van der Waals surface area contributed by atoms with Gasteiger partial charge in [-0.15, -0.1) is 0 Å². The summed E-state index contributed by atoms with van der Waals surface area (Å²) in [5.41, 5.74) is 1.04. The van der Waals surface area contributed by atoms with Crippen molar-refractivity contribution in [2.24, 2.45) is 5.92 Å². The van der Waals surface area contributed by atoms with E-state index in [9.17, 15) is 9.59 Å². The van der Waals surface area contributed by atoms with Crippen LogP contribution in [0.5, 0.6) is 5.75 Å². The van der Waals surface area contributed by atoms with Gasteiger partial charge in [0.25, 0.3) is 0 Å². The van der Waals surface area contributed by atoms with Crippen LogP contribution in [0, 0.1) is 5.92 Å². The Morgan fingerprint density at radius 3 is 2.72 bits per heavy atom. The van der Waals surface area contributed by atoms with Crippen LogP contribution < -0.4 is 15.4 Å². The van der Waals surface area contributed by atoms with Gasteiger partial charge in [0.15, 0.2) is 0 Å². The van der Waals surface area contributed by atoms with Crippen molar-refractivity contribution in [3.05, 3.63) is 29.8 Å². The van der Waals surface area contributed by atoms with E-state index in [4.69, 9.17) is 4.74 Å². The molecule has 1 fully saturated rings. The van der Waals surface area contributed by atoms with Gasteiger partial charge in [-0.05, 0) is 50.4 Å². The molecule has 1 aliphatic rings. The molecular weight excluding hydrogens is 320 g/mol. The molecule has 0 bridgehead atoms. The fourth-order valence-corrected chi connectivity index (χ4v) is 2.92. The summed E-state index contributed by atoms with van der Waals surface area (Å²) >= 11 is 0. The molecule has 1 aromatic carbocycles. The number of benzene rings is 1. The minimum absolute atomic E-state index is 0.105. The smallest absolute Gasteiger partial charge is 0.305 e. The Hall–Kier alpha value is -2.08. The number of hydrogen-bond acceptors (Lipinski definition) is 5. The van der Waals surface area contributed by atoms with Crippen LogP contribution in [-0.4, -0.2) is 38.2 Å². The fraction of sp³-hybridized carbons (Fsp3) is 0.579. The van der Waals surface area contributed by atoms with E-state index in [-0.39, 0.29) is 17.8 Å². The van der Waals surface area contributed by atoms with Gasteiger partial charge in [0.1, 0.15) is 5.75 Å². The maximum absolute atomic E-state index is 12.2. The number of esters is 1. The number of amides is 1. The van der Waals surface area contributed by atoms with Gasteiger partial charge in [-0.3, -0.25) is 9.59 Å². The number of rotatable bonds is 8. The van der Waals surface area contributed by atoms with Crippen LogP contribution in [0.25, 0.3) is 0 Å². The van der Waals surface area contributed by atoms with Crippen LogP contribution in [0.15, 0.2) is 24.3 Å². The highest BCUT2D eigenvalue weighted by molar-refractivity contribution is 5.78. The quantitative estimate of drug-likeness (QED) is 0.555. The third-order valence-electron chi connectivity index (χ3n) is 4.41. The molecular formula is C19H28N2O4. The second kappa shape index (κ2) is 10.0. The SMILES string of the molecule is COC(=O)CCCOc1ccc(CNC(=O)[C@H]2CCN[C@@H](C)C2)cc1. The van der Waals surface area contributed by atoms with Crippen LogP contribution in [0.4, 0.5) is 0 Å². The Bertz CT molecular complexity index is 559. The Morgan fingerprint density at radius 2 is 2.04 bits per heavy atom. The minimum Gasteiger partial charge on any atom is -0.494 e. The summed E-state index contributed by atoms with van der Waals surface area (Å²) in [6, 6.07) is 8.06. The van der Waals surface area contributed by atoms with Gasteiger partial charge in [-0.25, -0.2) is 0 Å². The third-order valence-corrected chi connectivity index (χ3v) is 4.41. The van der Waals surface area contributed by atoms with E-state index in [1.165, 1.54) is 7.11 Å². The Morgan fingerprint density at radius 1 is 1.28 bits per heavy atom. The number of piperidine rings is 1. The molecule has 1 heterocycles. The van der Waals surface area contributed by atoms with Crippen LogP contribution in [0.3, 0.4) is 0 Å². The summed E-state index contributed by atoms with van der Waals surface area (Å²) in [6.45, 7) is 4.02. The lowest BCUT2D eigenvalue weighted by molar-refractivity contribution is -0.140. The molecule has 0 spiro atoms. The first-order valence-electron chi connectivity index (χ1n) is 8.88. The molecule has 6 heteroatoms. The molecule has 25 heavy (non-hydrogen) atoms. The Balaban J connectivity index is 1.69. The summed E-state index contributed by atoms with van der Waals surface area (Å²) in [4.78, 5) is 23.2. The van der Waals surface area contributed by atoms with E-state index in [2.05, 4.69) is 22.3 Å². The van der Waals surface area contributed by atoms with Crippen molar-refractivity contribution >= 4 is 11.9 Å². The molecule has 0 unspecified atom stereocenters. The Labute approximate surface area is 149 Å². The molecule has 0 aliphatic carbocycles. The second-order valence-corrected chi connectivity index (χ2v) is 6.47. The monoisotopic (exact) mass is 348 g/mol. The molecule has 0 radical (unpaired) electrons. The van der Waals surface area contributed by atoms with Crippen LogP contribution in [0.1, 0.15) is 38.2 Å². The van der Waals surface area contributed by atoms with Crippen molar-refractivity contribution < 1.29 is 19.1 Å². The lowest BCUT2D eigenvalue weighted by atomic mass is 9.92. The molecule has 1 aliphatic heterocycles. The zero-order valence-corrected chi connectivity index (χ0v) is 15.0. The lowest BCUT2D eigenvalue weighted by Gasteiger charge is -2.27. The van der Waals surface area contributed by atoms with Crippen molar-refractivity contribution in [2.45, 2.75) is 45.2 Å². The molecule has 0 saturated carbocycles. The topological polar surface area (TPSA) is 76.7 Å². The van der Waals surface area contributed by atoms with Crippen molar-refractivity contribution in [3.63, 3.8) is 0 Å². The predicted octanol–water partition coefficient (Wildman–Crippen LogP) is 2.02. The first kappa shape index (κ1) is 19.2. The lowest BCUT2D eigenvalue weighted by Crippen LogP contribution is -2.42. The summed E-state index contributed by atoms with van der Waals surface area (Å²) in [5.74, 6) is 0.773. The van der Waals surface area contributed by atoms with Gasteiger partial charge >= 0.3 is 5.97 Å². The maximum Gasteiger partial charge on any atom is 0.305 e. The largest absolute Gasteiger partial charge is 0.494 e. The third kappa shape index (κ3) is 6.74. The molecule has 2 N–H and O–H groups in total. The molecule has 2 atom stereocenters. The highest BCUT2D eigenvalue weighted by atomic mass is 16.5. The number of methoxy groups -OCH3 is 1. The average molecular weight is 348 g/mol. The van der Waals surface area contributed by atoms with Gasteiger partial charge in [0, 0.05) is 24.9 Å². The molecule has 138 valence electrons. The van der Waals surface area contributed by atoms with Crippen molar-refractivity contribution in [2.75, 3.05) is 20.3 Å². The van der Waals surface area contributed by atoms with E-state index in [0.29, 0.717) is 32.0 Å². The van der Waals surface area contributed by atoms with E-state index < -0.39 is 0 Å². The zero-order valence-electron chi connectivity index (χ0n) is 15.0. The summed E-state index contributed by atoms with van der Waals surface area (Å²) in [5, 5.41) is 6.38. The minimum atomic E-state index is -0.224. The molecule has 1 saturated heterocycles. The normalized spacial score (nSPS) is 19.9. The zero-order chi connectivity index (χ0) is 18.1. The number of nitrogens with one attached hydrogen (secondary N) is 2. The standard InChI is InChI=1S/C19H28N2O4/c1-14-12-16(9-10-20-14)19(23)21-13-15-5-7-17(8-6-15)25-11-3-4-18(22)24-2/h5-8,14,16,20H,3-4,9-13H2,1-2H3,(H,21,23)/t14-,16-/m0/s1. The molecule has 2 rings (SSSR count).